The van der Waals surface area contributed by atoms with Crippen molar-refractivity contribution in [3.05, 3.63) is 0 Å². The standard InChI is InChI=1S/C10H21N3O/c1-11-10(14)9-12-5-4-8-13-6-2-3-7-13/h12H,2-9H2,1H3,(H,11,14). The molecule has 0 bridgehead atoms. The molecule has 1 aliphatic rings. The molecule has 0 spiro atoms. The normalized spacial score (nSPS) is 17.2. The number of carbonyl (C=O) groups is 1. The first kappa shape index (κ1) is 11.5. The summed E-state index contributed by atoms with van der Waals surface area (Å²) in [5.74, 6) is 0.0613. The number of likely N-dealkylation sites (tertiary alicyclic amines) is 1. The molecular weight excluding hydrogens is 178 g/mol. The van der Waals surface area contributed by atoms with Crippen molar-refractivity contribution in [1.29, 1.82) is 0 Å². The minimum absolute atomic E-state index is 0.0613. The van der Waals surface area contributed by atoms with Gasteiger partial charge in [-0.1, -0.05) is 0 Å². The summed E-state index contributed by atoms with van der Waals surface area (Å²) >= 11 is 0. The van der Waals surface area contributed by atoms with Crippen LogP contribution in [0.15, 0.2) is 0 Å². The van der Waals surface area contributed by atoms with Crippen LogP contribution < -0.4 is 10.6 Å². The van der Waals surface area contributed by atoms with Gasteiger partial charge in [-0.05, 0) is 45.4 Å². The maximum atomic E-state index is 10.8. The number of carbonyl (C=O) groups excluding carboxylic acids is 1. The summed E-state index contributed by atoms with van der Waals surface area (Å²) in [6, 6.07) is 0. The van der Waals surface area contributed by atoms with Crippen LogP contribution >= 0.6 is 0 Å². The third-order valence-corrected chi connectivity index (χ3v) is 2.59. The molecule has 0 aromatic carbocycles. The molecule has 82 valence electrons. The summed E-state index contributed by atoms with van der Waals surface area (Å²) in [6.07, 6.45) is 3.84. The number of hydrogen-bond acceptors (Lipinski definition) is 3. The minimum Gasteiger partial charge on any atom is -0.358 e. The molecule has 14 heavy (non-hydrogen) atoms. The highest BCUT2D eigenvalue weighted by Gasteiger charge is 2.09. The Morgan fingerprint density at radius 2 is 2.07 bits per heavy atom. The molecule has 0 atom stereocenters. The lowest BCUT2D eigenvalue weighted by atomic mass is 10.4. The second-order valence-corrected chi connectivity index (χ2v) is 3.75. The van der Waals surface area contributed by atoms with Crippen molar-refractivity contribution in [2.75, 3.05) is 39.8 Å². The van der Waals surface area contributed by atoms with Crippen molar-refractivity contribution in [2.24, 2.45) is 0 Å². The molecule has 0 saturated carbocycles. The van der Waals surface area contributed by atoms with Gasteiger partial charge in [-0.2, -0.15) is 0 Å². The SMILES string of the molecule is CNC(=O)CNCCCN1CCCC1. The molecular formula is C10H21N3O. The fourth-order valence-corrected chi connectivity index (χ4v) is 1.72. The molecule has 1 saturated heterocycles. The lowest BCUT2D eigenvalue weighted by Gasteiger charge is -2.13. The Kier molecular flexibility index (Phi) is 5.56. The van der Waals surface area contributed by atoms with E-state index in [9.17, 15) is 4.79 Å². The fraction of sp³-hybridized carbons (Fsp3) is 0.900. The zero-order valence-corrected chi connectivity index (χ0v) is 9.01. The zero-order chi connectivity index (χ0) is 10.2. The number of amides is 1. The van der Waals surface area contributed by atoms with E-state index in [1.165, 1.54) is 32.5 Å². The number of nitrogens with one attached hydrogen (secondary N) is 2. The molecule has 2 N–H and O–H groups in total. The summed E-state index contributed by atoms with van der Waals surface area (Å²) in [4.78, 5) is 13.3. The number of nitrogens with zero attached hydrogens (tertiary/aromatic N) is 1. The van der Waals surface area contributed by atoms with Crippen molar-refractivity contribution in [1.82, 2.24) is 15.5 Å². The van der Waals surface area contributed by atoms with Gasteiger partial charge in [0.25, 0.3) is 0 Å². The summed E-state index contributed by atoms with van der Waals surface area (Å²) in [6.45, 7) is 5.06. The lowest BCUT2D eigenvalue weighted by molar-refractivity contribution is -0.119. The smallest absolute Gasteiger partial charge is 0.233 e. The monoisotopic (exact) mass is 199 g/mol. The van der Waals surface area contributed by atoms with Crippen LogP contribution in [0.4, 0.5) is 0 Å². The van der Waals surface area contributed by atoms with E-state index in [0.29, 0.717) is 6.54 Å². The molecule has 0 aliphatic carbocycles. The summed E-state index contributed by atoms with van der Waals surface area (Å²) in [7, 11) is 1.66. The predicted molar refractivity (Wildman–Crippen MR) is 57.2 cm³/mol. The Morgan fingerprint density at radius 1 is 1.36 bits per heavy atom. The maximum absolute atomic E-state index is 10.8. The van der Waals surface area contributed by atoms with Crippen molar-refractivity contribution in [3.63, 3.8) is 0 Å². The molecule has 0 aromatic rings. The predicted octanol–water partition coefficient (Wildman–Crippen LogP) is -0.192. The molecule has 1 fully saturated rings. The van der Waals surface area contributed by atoms with Crippen LogP contribution in [-0.4, -0.2) is 50.6 Å². The van der Waals surface area contributed by atoms with Crippen LogP contribution in [0.1, 0.15) is 19.3 Å². The van der Waals surface area contributed by atoms with Gasteiger partial charge in [0.15, 0.2) is 0 Å². The van der Waals surface area contributed by atoms with Crippen molar-refractivity contribution >= 4 is 5.91 Å². The maximum Gasteiger partial charge on any atom is 0.233 e. The van der Waals surface area contributed by atoms with Crippen molar-refractivity contribution in [3.8, 4) is 0 Å². The van der Waals surface area contributed by atoms with Crippen LogP contribution in [0.5, 0.6) is 0 Å². The Labute approximate surface area is 86.0 Å². The van der Waals surface area contributed by atoms with Crippen LogP contribution in [0, 0.1) is 0 Å². The third-order valence-electron chi connectivity index (χ3n) is 2.59. The Bertz CT molecular complexity index is 167. The zero-order valence-electron chi connectivity index (χ0n) is 9.01. The number of likely N-dealkylation sites (N-methyl/N-ethyl adjacent to an activating group) is 1. The van der Waals surface area contributed by atoms with Gasteiger partial charge >= 0.3 is 0 Å². The first-order valence-corrected chi connectivity index (χ1v) is 5.46. The van der Waals surface area contributed by atoms with E-state index in [1.807, 2.05) is 0 Å². The average molecular weight is 199 g/mol. The molecule has 1 rings (SSSR count). The molecule has 0 radical (unpaired) electrons. The second-order valence-electron chi connectivity index (χ2n) is 3.75. The molecule has 0 unspecified atom stereocenters. The summed E-state index contributed by atoms with van der Waals surface area (Å²) < 4.78 is 0. The quantitative estimate of drug-likeness (QED) is 0.583. The van der Waals surface area contributed by atoms with E-state index in [1.54, 1.807) is 7.05 Å². The molecule has 0 aromatic heterocycles. The van der Waals surface area contributed by atoms with Crippen LogP contribution in [-0.2, 0) is 4.79 Å². The number of hydrogen-bond donors (Lipinski definition) is 2. The molecule has 1 aliphatic heterocycles. The van der Waals surface area contributed by atoms with Gasteiger partial charge in [0.1, 0.15) is 0 Å². The van der Waals surface area contributed by atoms with Gasteiger partial charge in [0.2, 0.25) is 5.91 Å². The second kappa shape index (κ2) is 6.79. The minimum atomic E-state index is 0.0613. The van der Waals surface area contributed by atoms with Crippen LogP contribution in [0.25, 0.3) is 0 Å². The molecule has 1 heterocycles. The average Bonchev–Trinajstić information content (AvgIpc) is 2.69. The summed E-state index contributed by atoms with van der Waals surface area (Å²) in [5.41, 5.74) is 0. The Hall–Kier alpha value is -0.610. The van der Waals surface area contributed by atoms with Gasteiger partial charge in [0.05, 0.1) is 6.54 Å². The highest BCUT2D eigenvalue weighted by atomic mass is 16.1. The Balaban J connectivity index is 1.86. The van der Waals surface area contributed by atoms with E-state index in [4.69, 9.17) is 0 Å². The van der Waals surface area contributed by atoms with Crippen LogP contribution in [0.2, 0.25) is 0 Å². The van der Waals surface area contributed by atoms with Crippen molar-refractivity contribution < 1.29 is 4.79 Å². The topological polar surface area (TPSA) is 44.4 Å². The fourth-order valence-electron chi connectivity index (χ4n) is 1.72. The molecule has 1 amide bonds. The third kappa shape index (κ3) is 4.58. The molecule has 4 nitrogen and oxygen atoms in total. The first-order chi connectivity index (χ1) is 6.83. The first-order valence-electron chi connectivity index (χ1n) is 5.46. The van der Waals surface area contributed by atoms with E-state index < -0.39 is 0 Å². The van der Waals surface area contributed by atoms with Gasteiger partial charge < -0.3 is 15.5 Å². The highest BCUT2D eigenvalue weighted by molar-refractivity contribution is 5.77. The van der Waals surface area contributed by atoms with Gasteiger partial charge in [0, 0.05) is 7.05 Å². The van der Waals surface area contributed by atoms with Crippen LogP contribution in [0.3, 0.4) is 0 Å². The molecule has 4 heteroatoms. The van der Waals surface area contributed by atoms with E-state index in [0.717, 1.165) is 13.0 Å². The highest BCUT2D eigenvalue weighted by Crippen LogP contribution is 2.06. The van der Waals surface area contributed by atoms with Gasteiger partial charge in [-0.3, -0.25) is 4.79 Å². The van der Waals surface area contributed by atoms with E-state index in [2.05, 4.69) is 15.5 Å². The van der Waals surface area contributed by atoms with Crippen molar-refractivity contribution in [2.45, 2.75) is 19.3 Å². The van der Waals surface area contributed by atoms with E-state index >= 15 is 0 Å². The van der Waals surface area contributed by atoms with E-state index in [-0.39, 0.29) is 5.91 Å². The van der Waals surface area contributed by atoms with Gasteiger partial charge in [-0.25, -0.2) is 0 Å². The summed E-state index contributed by atoms with van der Waals surface area (Å²) in [5, 5.41) is 5.71. The lowest BCUT2D eigenvalue weighted by Crippen LogP contribution is -2.33. The number of rotatable bonds is 6. The largest absolute Gasteiger partial charge is 0.358 e. The van der Waals surface area contributed by atoms with Gasteiger partial charge in [-0.15, -0.1) is 0 Å². The Morgan fingerprint density at radius 3 is 2.71 bits per heavy atom.